The fraction of sp³-hybridized carbons (Fsp3) is 0.0500. The topological polar surface area (TPSA) is 38.3 Å². The Morgan fingerprint density at radius 3 is 2.43 bits per heavy atom. The van der Waals surface area contributed by atoms with Crippen LogP contribution in [0.3, 0.4) is 0 Å². The Morgan fingerprint density at radius 1 is 0.957 bits per heavy atom. The average Bonchev–Trinajstić information content (AvgIpc) is 2.60. The summed E-state index contributed by atoms with van der Waals surface area (Å²) in [6.07, 6.45) is 0. The van der Waals surface area contributed by atoms with E-state index < -0.39 is 0 Å². The molecule has 23 heavy (non-hydrogen) atoms. The van der Waals surface area contributed by atoms with E-state index in [9.17, 15) is 4.79 Å². The maximum Gasteiger partial charge on any atom is 0.300 e. The summed E-state index contributed by atoms with van der Waals surface area (Å²) in [6.45, 7) is 0. The molecule has 0 aromatic heterocycles. The highest BCUT2D eigenvalue weighted by atomic mass is 16.5. The summed E-state index contributed by atoms with van der Waals surface area (Å²) in [7, 11) is 1.63. The fourth-order valence-electron chi connectivity index (χ4n) is 2.39. The van der Waals surface area contributed by atoms with Crippen molar-refractivity contribution in [1.82, 2.24) is 0 Å². The van der Waals surface area contributed by atoms with Crippen LogP contribution in [0.1, 0.15) is 5.56 Å². The lowest BCUT2D eigenvalue weighted by atomic mass is 10.0. The van der Waals surface area contributed by atoms with Crippen molar-refractivity contribution >= 4 is 22.4 Å². The van der Waals surface area contributed by atoms with E-state index in [0.29, 0.717) is 0 Å². The number of nitrogens with one attached hydrogen (secondary N) is 1. The number of hydrogen-bond donors (Lipinski definition) is 1. The lowest BCUT2D eigenvalue weighted by Crippen LogP contribution is -2.08. The van der Waals surface area contributed by atoms with Gasteiger partial charge in [-0.1, -0.05) is 48.4 Å². The van der Waals surface area contributed by atoms with Gasteiger partial charge < -0.3 is 10.1 Å². The molecule has 0 saturated carbocycles. The van der Waals surface area contributed by atoms with E-state index in [2.05, 4.69) is 17.2 Å². The van der Waals surface area contributed by atoms with Crippen LogP contribution in [0, 0.1) is 11.8 Å². The van der Waals surface area contributed by atoms with Gasteiger partial charge in [0.2, 0.25) is 0 Å². The molecular weight excluding hydrogens is 286 g/mol. The summed E-state index contributed by atoms with van der Waals surface area (Å²) >= 11 is 0. The van der Waals surface area contributed by atoms with Gasteiger partial charge in [-0.2, -0.15) is 0 Å². The van der Waals surface area contributed by atoms with Crippen molar-refractivity contribution in [2.24, 2.45) is 0 Å². The Labute approximate surface area is 134 Å². The van der Waals surface area contributed by atoms with E-state index in [1.807, 2.05) is 66.7 Å². The lowest BCUT2D eigenvalue weighted by Gasteiger charge is -2.06. The molecule has 0 spiro atoms. The first kappa shape index (κ1) is 14.7. The fourth-order valence-corrected chi connectivity index (χ4v) is 2.39. The number of anilines is 1. The van der Waals surface area contributed by atoms with Gasteiger partial charge in [-0.3, -0.25) is 4.79 Å². The number of carbonyl (C=O) groups is 1. The zero-order valence-electron chi connectivity index (χ0n) is 12.7. The van der Waals surface area contributed by atoms with Crippen LogP contribution in [0.5, 0.6) is 5.75 Å². The first-order valence-corrected chi connectivity index (χ1v) is 7.22. The van der Waals surface area contributed by atoms with Gasteiger partial charge in [-0.15, -0.1) is 0 Å². The van der Waals surface area contributed by atoms with Gasteiger partial charge in [0.1, 0.15) is 5.75 Å². The van der Waals surface area contributed by atoms with Crippen LogP contribution in [-0.2, 0) is 4.79 Å². The summed E-state index contributed by atoms with van der Waals surface area (Å²) in [6, 6.07) is 20.9. The number of ether oxygens (including phenoxy) is 1. The van der Waals surface area contributed by atoms with E-state index in [4.69, 9.17) is 4.74 Å². The molecule has 0 unspecified atom stereocenters. The number of fused-ring (bicyclic) bond motifs is 1. The molecule has 0 aliphatic rings. The van der Waals surface area contributed by atoms with Crippen LogP contribution >= 0.6 is 0 Å². The summed E-state index contributed by atoms with van der Waals surface area (Å²) in [5, 5.41) is 4.69. The number of carbonyl (C=O) groups excluding carboxylic acids is 1. The Kier molecular flexibility index (Phi) is 4.26. The van der Waals surface area contributed by atoms with E-state index in [-0.39, 0.29) is 5.91 Å². The minimum Gasteiger partial charge on any atom is -0.496 e. The third-order valence-electron chi connectivity index (χ3n) is 3.43. The lowest BCUT2D eigenvalue weighted by molar-refractivity contribution is -0.111. The summed E-state index contributed by atoms with van der Waals surface area (Å²) in [5.74, 6) is 5.98. The summed E-state index contributed by atoms with van der Waals surface area (Å²) in [5.41, 5.74) is 1.49. The highest BCUT2D eigenvalue weighted by Crippen LogP contribution is 2.28. The Balaban J connectivity index is 1.92. The Bertz CT molecular complexity index is 900. The van der Waals surface area contributed by atoms with Crippen LogP contribution < -0.4 is 10.1 Å². The average molecular weight is 301 g/mol. The third-order valence-corrected chi connectivity index (χ3v) is 3.43. The van der Waals surface area contributed by atoms with Crippen molar-refractivity contribution in [3.8, 4) is 17.6 Å². The second kappa shape index (κ2) is 6.67. The maximum atomic E-state index is 12.0. The molecule has 0 atom stereocenters. The van der Waals surface area contributed by atoms with Gasteiger partial charge in [-0.25, -0.2) is 0 Å². The molecule has 3 heteroatoms. The SMILES string of the molecule is COc1cccc2cccc(C#CC(=O)Nc3ccccc3)c12. The van der Waals surface area contributed by atoms with Gasteiger partial charge in [0.05, 0.1) is 7.11 Å². The number of rotatable bonds is 2. The van der Waals surface area contributed by atoms with Crippen LogP contribution in [0.4, 0.5) is 5.69 Å². The molecule has 0 saturated heterocycles. The second-order valence-electron chi connectivity index (χ2n) is 4.93. The van der Waals surface area contributed by atoms with E-state index >= 15 is 0 Å². The van der Waals surface area contributed by atoms with Gasteiger partial charge in [0.25, 0.3) is 0 Å². The van der Waals surface area contributed by atoms with Crippen molar-refractivity contribution in [2.75, 3.05) is 12.4 Å². The molecule has 0 aliphatic carbocycles. The number of amides is 1. The van der Waals surface area contributed by atoms with Crippen LogP contribution in [0.15, 0.2) is 66.7 Å². The zero-order valence-corrected chi connectivity index (χ0v) is 12.7. The van der Waals surface area contributed by atoms with Crippen molar-refractivity contribution < 1.29 is 9.53 Å². The Hall–Kier alpha value is -3.25. The van der Waals surface area contributed by atoms with E-state index in [0.717, 1.165) is 27.8 Å². The second-order valence-corrected chi connectivity index (χ2v) is 4.93. The van der Waals surface area contributed by atoms with Crippen molar-refractivity contribution in [3.63, 3.8) is 0 Å². The van der Waals surface area contributed by atoms with Crippen LogP contribution in [-0.4, -0.2) is 13.0 Å². The molecule has 0 heterocycles. The minimum atomic E-state index is -0.344. The molecule has 1 N–H and O–H groups in total. The molecule has 0 bridgehead atoms. The molecule has 1 amide bonds. The molecule has 3 aromatic rings. The molecule has 3 nitrogen and oxygen atoms in total. The van der Waals surface area contributed by atoms with Gasteiger partial charge in [0, 0.05) is 22.6 Å². The number of hydrogen-bond acceptors (Lipinski definition) is 2. The predicted octanol–water partition coefficient (Wildman–Crippen LogP) is 3.84. The zero-order chi connectivity index (χ0) is 16.1. The normalized spacial score (nSPS) is 9.78. The first-order chi connectivity index (χ1) is 11.3. The first-order valence-electron chi connectivity index (χ1n) is 7.22. The van der Waals surface area contributed by atoms with Gasteiger partial charge in [-0.05, 0) is 29.7 Å². The molecular formula is C20H15NO2. The number of para-hydroxylation sites is 1. The largest absolute Gasteiger partial charge is 0.496 e. The Morgan fingerprint density at radius 2 is 1.70 bits per heavy atom. The molecule has 112 valence electrons. The van der Waals surface area contributed by atoms with Gasteiger partial charge >= 0.3 is 5.91 Å². The monoisotopic (exact) mass is 301 g/mol. The smallest absolute Gasteiger partial charge is 0.300 e. The molecule has 0 aliphatic heterocycles. The highest BCUT2D eigenvalue weighted by Gasteiger charge is 2.05. The van der Waals surface area contributed by atoms with Crippen molar-refractivity contribution in [1.29, 1.82) is 0 Å². The summed E-state index contributed by atoms with van der Waals surface area (Å²) < 4.78 is 5.40. The van der Waals surface area contributed by atoms with Crippen LogP contribution in [0.25, 0.3) is 10.8 Å². The number of benzene rings is 3. The predicted molar refractivity (Wildman–Crippen MR) is 92.4 cm³/mol. The van der Waals surface area contributed by atoms with E-state index in [1.165, 1.54) is 0 Å². The third kappa shape index (κ3) is 3.33. The number of methoxy groups -OCH3 is 1. The summed E-state index contributed by atoms with van der Waals surface area (Å²) in [4.78, 5) is 12.0. The molecule has 0 fully saturated rings. The molecule has 3 aromatic carbocycles. The molecule has 3 rings (SSSR count). The molecule has 0 radical (unpaired) electrons. The minimum absolute atomic E-state index is 0.344. The van der Waals surface area contributed by atoms with Gasteiger partial charge in [0.15, 0.2) is 0 Å². The highest BCUT2D eigenvalue weighted by molar-refractivity contribution is 6.05. The van der Waals surface area contributed by atoms with Crippen molar-refractivity contribution in [3.05, 3.63) is 72.3 Å². The quantitative estimate of drug-likeness (QED) is 0.730. The van der Waals surface area contributed by atoms with E-state index in [1.54, 1.807) is 7.11 Å². The van der Waals surface area contributed by atoms with Crippen molar-refractivity contribution in [2.45, 2.75) is 0 Å². The van der Waals surface area contributed by atoms with Crippen LogP contribution in [0.2, 0.25) is 0 Å². The standard InChI is InChI=1S/C20H15NO2/c1-23-18-12-6-9-15-7-5-8-16(20(15)18)13-14-19(22)21-17-10-3-2-4-11-17/h2-12H,1H3,(H,21,22). The maximum absolute atomic E-state index is 12.0.